The Morgan fingerprint density at radius 1 is 0.875 bits per heavy atom. The van der Waals surface area contributed by atoms with Gasteiger partial charge in [-0.25, -0.2) is 9.48 Å². The van der Waals surface area contributed by atoms with E-state index in [-0.39, 0.29) is 17.8 Å². The molecule has 11 nitrogen and oxygen atoms in total. The molecule has 4 aromatic carbocycles. The minimum absolute atomic E-state index is 0.0473. The number of nitrogens with zero attached hydrogens (tertiary/aromatic N) is 3. The van der Waals surface area contributed by atoms with Gasteiger partial charge >= 0.3 is 5.97 Å². The molecule has 48 heavy (non-hydrogen) atoms. The maximum absolute atomic E-state index is 13.5. The highest BCUT2D eigenvalue weighted by Gasteiger charge is 2.18. The van der Waals surface area contributed by atoms with E-state index in [9.17, 15) is 9.59 Å². The standard InChI is InChI=1S/C37H34N4O7/c1-44-37(43)28-9-7-8-26(22-28)25-47-36-34(42)32-12-5-6-13-33(32)48-35(36)27-14-16-31(17-15-27)46-21-20-45-19-18-41-24-30(39-40-41)23-38-29-10-3-2-4-11-29/h2-17,22,24,38H,18-21,23,25H2,1H3. The lowest BCUT2D eigenvalue weighted by Gasteiger charge is -2.13. The zero-order valence-electron chi connectivity index (χ0n) is 26.3. The number of anilines is 1. The molecule has 0 saturated carbocycles. The van der Waals surface area contributed by atoms with Crippen molar-refractivity contribution in [2.75, 3.05) is 32.2 Å². The number of hydrogen-bond acceptors (Lipinski definition) is 10. The Labute approximate surface area is 276 Å². The summed E-state index contributed by atoms with van der Waals surface area (Å²) in [5.41, 5.74) is 3.76. The van der Waals surface area contributed by atoms with E-state index in [4.69, 9.17) is 23.4 Å². The third-order valence-corrected chi connectivity index (χ3v) is 7.40. The summed E-state index contributed by atoms with van der Waals surface area (Å²) in [5, 5.41) is 12.1. The van der Waals surface area contributed by atoms with Crippen molar-refractivity contribution in [3.63, 3.8) is 0 Å². The molecule has 11 heteroatoms. The van der Waals surface area contributed by atoms with Gasteiger partial charge in [-0.15, -0.1) is 5.10 Å². The summed E-state index contributed by atoms with van der Waals surface area (Å²) in [6, 6.07) is 31.0. The molecular weight excluding hydrogens is 612 g/mol. The lowest BCUT2D eigenvalue weighted by atomic mass is 10.1. The van der Waals surface area contributed by atoms with Gasteiger partial charge in [0.25, 0.3) is 0 Å². The molecule has 0 aliphatic rings. The van der Waals surface area contributed by atoms with Gasteiger partial charge in [0, 0.05) is 11.3 Å². The molecule has 6 aromatic rings. The van der Waals surface area contributed by atoms with Crippen LogP contribution >= 0.6 is 0 Å². The van der Waals surface area contributed by atoms with Crippen LogP contribution in [-0.2, 0) is 29.2 Å². The van der Waals surface area contributed by atoms with E-state index in [1.807, 2.05) is 48.7 Å². The zero-order valence-corrected chi connectivity index (χ0v) is 26.3. The highest BCUT2D eigenvalue weighted by Crippen LogP contribution is 2.32. The lowest BCUT2D eigenvalue weighted by Crippen LogP contribution is -2.12. The summed E-state index contributed by atoms with van der Waals surface area (Å²) in [6.45, 7) is 2.43. The number of hydrogen-bond donors (Lipinski definition) is 1. The number of esters is 1. The van der Waals surface area contributed by atoms with Gasteiger partial charge in [-0.1, -0.05) is 47.7 Å². The minimum atomic E-state index is -0.454. The Bertz CT molecular complexity index is 2020. The summed E-state index contributed by atoms with van der Waals surface area (Å²) in [4.78, 5) is 25.5. The van der Waals surface area contributed by atoms with E-state index in [0.717, 1.165) is 11.4 Å². The monoisotopic (exact) mass is 646 g/mol. The molecule has 0 aliphatic heterocycles. The number of carbonyl (C=O) groups excluding carboxylic acids is 1. The Hall–Kier alpha value is -5.94. The molecule has 2 aromatic heterocycles. The van der Waals surface area contributed by atoms with Gasteiger partial charge in [0.2, 0.25) is 11.2 Å². The predicted octanol–water partition coefficient (Wildman–Crippen LogP) is 6.12. The Balaban J connectivity index is 1.03. The van der Waals surface area contributed by atoms with Crippen LogP contribution in [0.1, 0.15) is 21.6 Å². The van der Waals surface area contributed by atoms with Crippen molar-refractivity contribution in [1.29, 1.82) is 0 Å². The summed E-state index contributed by atoms with van der Waals surface area (Å²) >= 11 is 0. The Morgan fingerprint density at radius 3 is 2.52 bits per heavy atom. The number of para-hydroxylation sites is 2. The highest BCUT2D eigenvalue weighted by atomic mass is 16.5. The second kappa shape index (κ2) is 15.6. The number of nitrogens with one attached hydrogen (secondary N) is 1. The summed E-state index contributed by atoms with van der Waals surface area (Å²) in [5.74, 6) is 0.556. The lowest BCUT2D eigenvalue weighted by molar-refractivity contribution is 0.0600. The van der Waals surface area contributed by atoms with Crippen molar-refractivity contribution < 1.29 is 28.2 Å². The topological polar surface area (TPSA) is 127 Å². The fourth-order valence-electron chi connectivity index (χ4n) is 4.97. The molecule has 2 heterocycles. The smallest absolute Gasteiger partial charge is 0.337 e. The first-order chi connectivity index (χ1) is 23.6. The van der Waals surface area contributed by atoms with Crippen LogP contribution in [-0.4, -0.2) is 47.9 Å². The quantitative estimate of drug-likeness (QED) is 0.103. The van der Waals surface area contributed by atoms with Gasteiger partial charge in [0.15, 0.2) is 5.76 Å². The average molecular weight is 647 g/mol. The van der Waals surface area contributed by atoms with Crippen LogP contribution in [0.2, 0.25) is 0 Å². The molecule has 0 radical (unpaired) electrons. The van der Waals surface area contributed by atoms with Crippen LogP contribution in [0.4, 0.5) is 5.69 Å². The number of carbonyl (C=O) groups is 1. The van der Waals surface area contributed by atoms with Crippen molar-refractivity contribution in [3.05, 3.63) is 136 Å². The van der Waals surface area contributed by atoms with Crippen molar-refractivity contribution >= 4 is 22.6 Å². The minimum Gasteiger partial charge on any atom is -0.491 e. The van der Waals surface area contributed by atoms with Crippen LogP contribution in [0.3, 0.4) is 0 Å². The zero-order chi connectivity index (χ0) is 33.1. The van der Waals surface area contributed by atoms with Crippen molar-refractivity contribution in [2.24, 2.45) is 0 Å². The van der Waals surface area contributed by atoms with E-state index >= 15 is 0 Å². The van der Waals surface area contributed by atoms with Crippen LogP contribution in [0.15, 0.2) is 119 Å². The van der Waals surface area contributed by atoms with Crippen LogP contribution in [0, 0.1) is 0 Å². The number of fused-ring (bicyclic) bond motifs is 1. The molecule has 0 amide bonds. The second-order valence-corrected chi connectivity index (χ2v) is 10.7. The van der Waals surface area contributed by atoms with Gasteiger partial charge in [0.05, 0.1) is 50.6 Å². The Kier molecular flexibility index (Phi) is 10.4. The molecule has 0 unspecified atom stereocenters. The van der Waals surface area contributed by atoms with Crippen molar-refractivity contribution in [1.82, 2.24) is 15.0 Å². The molecule has 0 fully saturated rings. The molecule has 0 atom stereocenters. The maximum atomic E-state index is 13.5. The Morgan fingerprint density at radius 2 is 1.69 bits per heavy atom. The van der Waals surface area contributed by atoms with E-state index in [2.05, 4.69) is 15.6 Å². The third-order valence-electron chi connectivity index (χ3n) is 7.40. The molecule has 6 rings (SSSR count). The molecule has 0 saturated heterocycles. The van der Waals surface area contributed by atoms with Gasteiger partial charge in [0.1, 0.15) is 30.2 Å². The van der Waals surface area contributed by atoms with Crippen LogP contribution in [0.5, 0.6) is 11.5 Å². The highest BCUT2D eigenvalue weighted by molar-refractivity contribution is 5.89. The molecule has 0 spiro atoms. The largest absolute Gasteiger partial charge is 0.491 e. The molecule has 0 aliphatic carbocycles. The van der Waals surface area contributed by atoms with Gasteiger partial charge < -0.3 is 28.7 Å². The molecule has 244 valence electrons. The summed E-state index contributed by atoms with van der Waals surface area (Å²) in [7, 11) is 1.33. The van der Waals surface area contributed by atoms with E-state index in [1.165, 1.54) is 7.11 Å². The SMILES string of the molecule is COC(=O)c1cccc(COc2c(-c3ccc(OCCOCCn4cc(CNc5ccccc5)nn4)cc3)oc3ccccc3c2=O)c1. The van der Waals surface area contributed by atoms with E-state index in [0.29, 0.717) is 72.1 Å². The first kappa shape index (κ1) is 32.0. The van der Waals surface area contributed by atoms with Crippen molar-refractivity contribution in [3.8, 4) is 22.8 Å². The number of methoxy groups -OCH3 is 1. The van der Waals surface area contributed by atoms with Crippen molar-refractivity contribution in [2.45, 2.75) is 19.7 Å². The molecule has 1 N–H and O–H groups in total. The number of ether oxygens (including phenoxy) is 4. The van der Waals surface area contributed by atoms with Gasteiger partial charge in [-0.2, -0.15) is 0 Å². The average Bonchev–Trinajstić information content (AvgIpc) is 3.60. The first-order valence-corrected chi connectivity index (χ1v) is 15.4. The number of aromatic nitrogens is 3. The normalized spacial score (nSPS) is 10.9. The molecular formula is C37H34N4O7. The van der Waals surface area contributed by atoms with Gasteiger partial charge in [-0.05, 0) is 66.2 Å². The maximum Gasteiger partial charge on any atom is 0.337 e. The molecule has 0 bridgehead atoms. The first-order valence-electron chi connectivity index (χ1n) is 15.4. The number of benzene rings is 4. The summed E-state index contributed by atoms with van der Waals surface area (Å²) < 4.78 is 30.4. The second-order valence-electron chi connectivity index (χ2n) is 10.7. The van der Waals surface area contributed by atoms with E-state index < -0.39 is 5.97 Å². The van der Waals surface area contributed by atoms with E-state index in [1.54, 1.807) is 65.3 Å². The van der Waals surface area contributed by atoms with Gasteiger partial charge in [-0.3, -0.25) is 4.79 Å². The number of rotatable bonds is 15. The fraction of sp³-hybridized carbons (Fsp3) is 0.189. The predicted molar refractivity (Wildman–Crippen MR) is 180 cm³/mol. The third kappa shape index (κ3) is 8.06. The van der Waals surface area contributed by atoms with Crippen LogP contribution in [0.25, 0.3) is 22.3 Å². The van der Waals surface area contributed by atoms with Crippen LogP contribution < -0.4 is 20.2 Å². The fourth-order valence-corrected chi connectivity index (χ4v) is 4.97. The summed E-state index contributed by atoms with van der Waals surface area (Å²) in [6.07, 6.45) is 1.90.